The highest BCUT2D eigenvalue weighted by atomic mass is 32.1. The molecule has 2 aromatic rings. The summed E-state index contributed by atoms with van der Waals surface area (Å²) in [5.74, 6) is -0.0371. The molecule has 0 aliphatic carbocycles. The number of rotatable bonds is 5. The second-order valence-corrected chi connectivity index (χ2v) is 5.39. The third kappa shape index (κ3) is 3.43. The smallest absolute Gasteiger partial charge is 0.252 e. The normalized spacial score (nSPS) is 12.1. The summed E-state index contributed by atoms with van der Waals surface area (Å²) in [6.07, 6.45) is 0.719. The number of hydrogen-bond acceptors (Lipinski definition) is 3. The van der Waals surface area contributed by atoms with E-state index in [1.807, 2.05) is 48.7 Å². The minimum absolute atomic E-state index is 0.0263. The molecular weight excluding hydrogens is 256 g/mol. The van der Waals surface area contributed by atoms with Crippen LogP contribution in [0.15, 0.2) is 41.8 Å². The maximum Gasteiger partial charge on any atom is 0.252 e. The van der Waals surface area contributed by atoms with Crippen molar-refractivity contribution in [1.29, 1.82) is 0 Å². The number of nitrogens with one attached hydrogen (secondary N) is 1. The van der Waals surface area contributed by atoms with E-state index in [1.165, 1.54) is 0 Å². The Hall–Kier alpha value is -1.65. The number of nitrogens with two attached hydrogens (primary N) is 1. The molecular formula is C15H18N2OS. The summed E-state index contributed by atoms with van der Waals surface area (Å²) < 4.78 is 0. The van der Waals surface area contributed by atoms with E-state index >= 15 is 0 Å². The fourth-order valence-corrected chi connectivity index (χ4v) is 2.73. The Bertz CT molecular complexity index is 537. The van der Waals surface area contributed by atoms with Crippen molar-refractivity contribution in [2.45, 2.75) is 19.4 Å². The molecule has 1 atom stereocenters. The zero-order valence-corrected chi connectivity index (χ0v) is 11.7. The van der Waals surface area contributed by atoms with Crippen molar-refractivity contribution in [3.8, 4) is 0 Å². The molecule has 1 heterocycles. The molecule has 0 fully saturated rings. The molecule has 3 nitrogen and oxygen atoms in total. The molecule has 1 amide bonds. The van der Waals surface area contributed by atoms with E-state index in [2.05, 4.69) is 5.32 Å². The van der Waals surface area contributed by atoms with Crippen LogP contribution in [0.1, 0.15) is 33.8 Å². The number of carbonyl (C=O) groups is 1. The molecule has 0 bridgehead atoms. The van der Waals surface area contributed by atoms with Gasteiger partial charge in [-0.3, -0.25) is 4.79 Å². The predicted molar refractivity (Wildman–Crippen MR) is 79.4 cm³/mol. The van der Waals surface area contributed by atoms with Crippen LogP contribution in [-0.2, 0) is 6.42 Å². The summed E-state index contributed by atoms with van der Waals surface area (Å²) in [5.41, 5.74) is 7.30. The Balaban J connectivity index is 2.11. The Morgan fingerprint density at radius 2 is 2.11 bits per heavy atom. The first kappa shape index (κ1) is 13.8. The number of amides is 1. The van der Waals surface area contributed by atoms with Gasteiger partial charge in [-0.15, -0.1) is 11.3 Å². The highest BCUT2D eigenvalue weighted by Crippen LogP contribution is 2.19. The molecule has 3 N–H and O–H groups in total. The van der Waals surface area contributed by atoms with Gasteiger partial charge in [0.05, 0.1) is 6.04 Å². The van der Waals surface area contributed by atoms with E-state index < -0.39 is 0 Å². The Morgan fingerprint density at radius 3 is 2.79 bits per heavy atom. The van der Waals surface area contributed by atoms with Crippen molar-refractivity contribution in [2.75, 3.05) is 6.54 Å². The third-order valence-corrected chi connectivity index (χ3v) is 4.05. The van der Waals surface area contributed by atoms with Crippen LogP contribution in [0.25, 0.3) is 0 Å². The molecule has 0 radical (unpaired) electrons. The lowest BCUT2D eigenvalue weighted by atomic mass is 10.0. The van der Waals surface area contributed by atoms with Crippen LogP contribution in [0.2, 0.25) is 0 Å². The highest BCUT2D eigenvalue weighted by molar-refractivity contribution is 7.10. The topological polar surface area (TPSA) is 55.1 Å². The average molecular weight is 274 g/mol. The lowest BCUT2D eigenvalue weighted by Gasteiger charge is -2.14. The molecule has 2 rings (SSSR count). The Kier molecular flexibility index (Phi) is 4.71. The van der Waals surface area contributed by atoms with Gasteiger partial charge >= 0.3 is 0 Å². The summed E-state index contributed by atoms with van der Waals surface area (Å²) in [6, 6.07) is 11.7. The molecule has 0 aliphatic rings. The van der Waals surface area contributed by atoms with Crippen molar-refractivity contribution in [3.63, 3.8) is 0 Å². The van der Waals surface area contributed by atoms with Gasteiger partial charge in [-0.05, 0) is 43.0 Å². The van der Waals surface area contributed by atoms with Crippen LogP contribution in [0.4, 0.5) is 0 Å². The van der Waals surface area contributed by atoms with Crippen LogP contribution >= 0.6 is 11.3 Å². The minimum atomic E-state index is -0.0371. The third-order valence-electron chi connectivity index (χ3n) is 2.99. The van der Waals surface area contributed by atoms with Crippen molar-refractivity contribution < 1.29 is 4.79 Å². The maximum atomic E-state index is 12.3. The molecule has 0 saturated heterocycles. The average Bonchev–Trinajstić information content (AvgIpc) is 2.93. The highest BCUT2D eigenvalue weighted by Gasteiger charge is 2.14. The summed E-state index contributed by atoms with van der Waals surface area (Å²) in [5, 5.41) is 5.04. The lowest BCUT2D eigenvalue weighted by molar-refractivity contribution is 0.0939. The van der Waals surface area contributed by atoms with E-state index in [9.17, 15) is 4.79 Å². The van der Waals surface area contributed by atoms with Crippen molar-refractivity contribution in [3.05, 3.63) is 57.8 Å². The van der Waals surface area contributed by atoms with Crippen LogP contribution in [0, 0.1) is 0 Å². The standard InChI is InChI=1S/C15H18N2OS/c1-11(14-7-4-10-19-14)17-15(18)13-6-3-2-5-12(13)8-9-16/h2-7,10-11H,8-9,16H2,1H3,(H,17,18)/t11-/m0/s1. The SMILES string of the molecule is C[C@H](NC(=O)c1ccccc1CCN)c1cccs1. The van der Waals surface area contributed by atoms with E-state index in [1.54, 1.807) is 11.3 Å². The lowest BCUT2D eigenvalue weighted by Crippen LogP contribution is -2.27. The second kappa shape index (κ2) is 6.50. The van der Waals surface area contributed by atoms with Crippen LogP contribution in [0.5, 0.6) is 0 Å². The first-order chi connectivity index (χ1) is 9.22. The largest absolute Gasteiger partial charge is 0.345 e. The van der Waals surface area contributed by atoms with Crippen molar-refractivity contribution >= 4 is 17.2 Å². The summed E-state index contributed by atoms with van der Waals surface area (Å²) >= 11 is 1.65. The van der Waals surface area contributed by atoms with E-state index in [0.717, 1.165) is 22.4 Å². The first-order valence-electron chi connectivity index (χ1n) is 6.34. The van der Waals surface area contributed by atoms with Gasteiger partial charge in [0.1, 0.15) is 0 Å². The van der Waals surface area contributed by atoms with Crippen LogP contribution in [0.3, 0.4) is 0 Å². The zero-order valence-electron chi connectivity index (χ0n) is 10.9. The number of carbonyl (C=O) groups excluding carboxylic acids is 1. The van der Waals surface area contributed by atoms with Gasteiger partial charge in [0.2, 0.25) is 0 Å². The Labute approximate surface area is 117 Å². The van der Waals surface area contributed by atoms with Crippen LogP contribution in [-0.4, -0.2) is 12.5 Å². The summed E-state index contributed by atoms with van der Waals surface area (Å²) in [6.45, 7) is 2.54. The van der Waals surface area contributed by atoms with Gasteiger partial charge < -0.3 is 11.1 Å². The first-order valence-corrected chi connectivity index (χ1v) is 7.22. The van der Waals surface area contributed by atoms with Gasteiger partial charge in [0.15, 0.2) is 0 Å². The Morgan fingerprint density at radius 1 is 1.32 bits per heavy atom. The molecule has 4 heteroatoms. The monoisotopic (exact) mass is 274 g/mol. The zero-order chi connectivity index (χ0) is 13.7. The molecule has 0 aliphatic heterocycles. The summed E-state index contributed by atoms with van der Waals surface area (Å²) in [7, 11) is 0. The van der Waals surface area contributed by atoms with Gasteiger partial charge in [-0.2, -0.15) is 0 Å². The predicted octanol–water partition coefficient (Wildman–Crippen LogP) is 2.74. The van der Waals surface area contributed by atoms with E-state index in [-0.39, 0.29) is 11.9 Å². The molecule has 1 aromatic heterocycles. The van der Waals surface area contributed by atoms with Gasteiger partial charge in [-0.1, -0.05) is 24.3 Å². The fourth-order valence-electron chi connectivity index (χ4n) is 2.00. The molecule has 0 saturated carbocycles. The minimum Gasteiger partial charge on any atom is -0.345 e. The number of thiophene rings is 1. The quantitative estimate of drug-likeness (QED) is 0.881. The van der Waals surface area contributed by atoms with Crippen molar-refractivity contribution in [1.82, 2.24) is 5.32 Å². The van der Waals surface area contributed by atoms with Gasteiger partial charge in [0.25, 0.3) is 5.91 Å². The summed E-state index contributed by atoms with van der Waals surface area (Å²) in [4.78, 5) is 13.5. The fraction of sp³-hybridized carbons (Fsp3) is 0.267. The van der Waals surface area contributed by atoms with E-state index in [0.29, 0.717) is 6.54 Å². The van der Waals surface area contributed by atoms with E-state index in [4.69, 9.17) is 5.73 Å². The molecule has 0 unspecified atom stereocenters. The van der Waals surface area contributed by atoms with Gasteiger partial charge in [-0.25, -0.2) is 0 Å². The molecule has 19 heavy (non-hydrogen) atoms. The van der Waals surface area contributed by atoms with Crippen molar-refractivity contribution in [2.24, 2.45) is 5.73 Å². The van der Waals surface area contributed by atoms with Gasteiger partial charge in [0, 0.05) is 10.4 Å². The number of benzene rings is 1. The second-order valence-electron chi connectivity index (χ2n) is 4.41. The van der Waals surface area contributed by atoms with Crippen LogP contribution < -0.4 is 11.1 Å². The molecule has 1 aromatic carbocycles. The maximum absolute atomic E-state index is 12.3. The number of hydrogen-bond donors (Lipinski definition) is 2. The molecule has 0 spiro atoms. The molecule has 100 valence electrons.